The number of pyridine rings is 2. The number of nitrogens with zero attached hydrogens (tertiary/aromatic N) is 5. The molecule has 36 heavy (non-hydrogen) atoms. The topological polar surface area (TPSA) is 92.6 Å². The highest BCUT2D eigenvalue weighted by Crippen LogP contribution is 2.32. The van der Waals surface area contributed by atoms with Crippen molar-refractivity contribution in [3.05, 3.63) is 82.0 Å². The molecule has 8 nitrogen and oxygen atoms in total. The fraction of sp³-hybridized carbons (Fsp3) is 0.286. The Bertz CT molecular complexity index is 1580. The number of hydrogen-bond acceptors (Lipinski definition) is 5. The second-order valence-electron chi connectivity index (χ2n) is 10.1. The molecule has 1 aliphatic heterocycles. The van der Waals surface area contributed by atoms with Crippen LogP contribution in [0.2, 0.25) is 0 Å². The van der Waals surface area contributed by atoms with Crippen LogP contribution in [0.4, 0.5) is 4.79 Å². The summed E-state index contributed by atoms with van der Waals surface area (Å²) in [4.78, 5) is 27.3. The van der Waals surface area contributed by atoms with Gasteiger partial charge in [0.25, 0.3) is 5.56 Å². The van der Waals surface area contributed by atoms with E-state index in [9.17, 15) is 9.59 Å². The fourth-order valence-electron chi connectivity index (χ4n) is 4.61. The monoisotopic (exact) mass is 481 g/mol. The summed E-state index contributed by atoms with van der Waals surface area (Å²) in [5, 5.41) is 13.6. The van der Waals surface area contributed by atoms with Crippen molar-refractivity contribution in [3.63, 3.8) is 0 Å². The zero-order chi connectivity index (χ0) is 25.6. The molecule has 4 heterocycles. The molecule has 1 aromatic carbocycles. The summed E-state index contributed by atoms with van der Waals surface area (Å²) in [5.74, 6) is 0. The van der Waals surface area contributed by atoms with Gasteiger partial charge in [0.05, 0.1) is 29.9 Å². The predicted octanol–water partition coefficient (Wildman–Crippen LogP) is 4.53. The summed E-state index contributed by atoms with van der Waals surface area (Å²) >= 11 is 0. The molecule has 5 rings (SSSR count). The summed E-state index contributed by atoms with van der Waals surface area (Å²) in [6.45, 7) is 6.27. The SMILES string of the molecule is Cn1cc(-c2ccc3c(-c4ccc(C#N)cc4)cnn3c2)c2c(c1=O)CCN(C(=O)OC(C)(C)C)C2. The van der Waals surface area contributed by atoms with Crippen LogP contribution in [0.25, 0.3) is 27.8 Å². The van der Waals surface area contributed by atoms with Gasteiger partial charge in [0.15, 0.2) is 0 Å². The van der Waals surface area contributed by atoms with Crippen LogP contribution in [-0.2, 0) is 24.8 Å². The number of aromatic nitrogens is 3. The molecule has 0 spiro atoms. The third kappa shape index (κ3) is 4.24. The molecule has 182 valence electrons. The Morgan fingerprint density at radius 2 is 1.75 bits per heavy atom. The van der Waals surface area contributed by atoms with Crippen LogP contribution in [0.5, 0.6) is 0 Å². The summed E-state index contributed by atoms with van der Waals surface area (Å²) in [7, 11) is 1.75. The van der Waals surface area contributed by atoms with Gasteiger partial charge in [-0.15, -0.1) is 0 Å². The third-order valence-electron chi connectivity index (χ3n) is 6.38. The van der Waals surface area contributed by atoms with E-state index in [-0.39, 0.29) is 11.7 Å². The molecular weight excluding hydrogens is 454 g/mol. The van der Waals surface area contributed by atoms with E-state index in [4.69, 9.17) is 10.00 Å². The smallest absolute Gasteiger partial charge is 0.410 e. The van der Waals surface area contributed by atoms with Gasteiger partial charge in [0, 0.05) is 48.2 Å². The quantitative estimate of drug-likeness (QED) is 0.419. The van der Waals surface area contributed by atoms with E-state index in [2.05, 4.69) is 11.2 Å². The van der Waals surface area contributed by atoms with E-state index in [1.807, 2.05) is 61.9 Å². The Morgan fingerprint density at radius 1 is 1.03 bits per heavy atom. The maximum atomic E-state index is 12.9. The average molecular weight is 482 g/mol. The molecule has 0 aliphatic carbocycles. The van der Waals surface area contributed by atoms with Crippen molar-refractivity contribution in [2.24, 2.45) is 7.05 Å². The molecule has 0 unspecified atom stereocenters. The van der Waals surface area contributed by atoms with Gasteiger partial charge in [-0.05, 0) is 56.5 Å². The maximum absolute atomic E-state index is 12.9. The van der Waals surface area contributed by atoms with Gasteiger partial charge in [0.2, 0.25) is 0 Å². The first-order chi connectivity index (χ1) is 17.1. The number of fused-ring (bicyclic) bond motifs is 2. The molecular formula is C28H27N5O3. The molecule has 0 fully saturated rings. The highest BCUT2D eigenvalue weighted by Gasteiger charge is 2.29. The molecule has 1 amide bonds. The van der Waals surface area contributed by atoms with Crippen LogP contribution >= 0.6 is 0 Å². The molecule has 0 radical (unpaired) electrons. The van der Waals surface area contributed by atoms with Crippen molar-refractivity contribution in [2.75, 3.05) is 6.54 Å². The molecule has 0 saturated heterocycles. The molecule has 8 heteroatoms. The van der Waals surface area contributed by atoms with Gasteiger partial charge >= 0.3 is 6.09 Å². The number of hydrogen-bond donors (Lipinski definition) is 0. The fourth-order valence-corrected chi connectivity index (χ4v) is 4.61. The second kappa shape index (κ2) is 8.68. The molecule has 0 atom stereocenters. The van der Waals surface area contributed by atoms with E-state index in [0.29, 0.717) is 25.1 Å². The lowest BCUT2D eigenvalue weighted by atomic mass is 9.94. The van der Waals surface area contributed by atoms with E-state index in [1.54, 1.807) is 34.8 Å². The van der Waals surface area contributed by atoms with Crippen LogP contribution < -0.4 is 5.56 Å². The number of nitriles is 1. The Balaban J connectivity index is 1.55. The molecule has 3 aromatic heterocycles. The lowest BCUT2D eigenvalue weighted by molar-refractivity contribution is 0.0224. The average Bonchev–Trinajstić information content (AvgIpc) is 3.28. The summed E-state index contributed by atoms with van der Waals surface area (Å²) < 4.78 is 9.00. The van der Waals surface area contributed by atoms with Crippen LogP contribution in [0.15, 0.2) is 59.8 Å². The predicted molar refractivity (Wildman–Crippen MR) is 136 cm³/mol. The lowest BCUT2D eigenvalue weighted by Gasteiger charge is -2.32. The molecule has 0 saturated carbocycles. The van der Waals surface area contributed by atoms with Gasteiger partial charge in [-0.2, -0.15) is 10.4 Å². The lowest BCUT2D eigenvalue weighted by Crippen LogP contribution is -2.42. The first kappa shape index (κ1) is 23.4. The van der Waals surface area contributed by atoms with Gasteiger partial charge in [0.1, 0.15) is 5.60 Å². The van der Waals surface area contributed by atoms with Gasteiger partial charge < -0.3 is 14.2 Å². The highest BCUT2D eigenvalue weighted by atomic mass is 16.6. The van der Waals surface area contributed by atoms with Gasteiger partial charge in [-0.25, -0.2) is 9.31 Å². The third-order valence-corrected chi connectivity index (χ3v) is 6.38. The Hall–Kier alpha value is -4.38. The molecule has 0 N–H and O–H groups in total. The standard InChI is InChI=1S/C28H27N5O3/c1-28(2,3)36-27(35)32-12-11-21-24(17-32)23(16-31(4)26(21)34)20-9-10-25-22(14-30-33(25)15-20)19-7-5-18(13-29)6-8-19/h5-10,14-16H,11-12,17H2,1-4H3. The minimum atomic E-state index is -0.592. The first-order valence-corrected chi connectivity index (χ1v) is 11.8. The Morgan fingerprint density at radius 3 is 2.44 bits per heavy atom. The molecule has 4 aromatic rings. The Kier molecular flexibility index (Phi) is 5.64. The van der Waals surface area contributed by atoms with E-state index in [0.717, 1.165) is 38.9 Å². The highest BCUT2D eigenvalue weighted by molar-refractivity contribution is 5.82. The van der Waals surface area contributed by atoms with Gasteiger partial charge in [-0.1, -0.05) is 18.2 Å². The number of rotatable bonds is 2. The second-order valence-corrected chi connectivity index (χ2v) is 10.1. The van der Waals surface area contributed by atoms with Crippen LogP contribution in [0, 0.1) is 11.3 Å². The molecule has 0 bridgehead atoms. The largest absolute Gasteiger partial charge is 0.444 e. The first-order valence-electron chi connectivity index (χ1n) is 11.8. The summed E-state index contributed by atoms with van der Waals surface area (Å²) in [6.07, 6.45) is 5.67. The van der Waals surface area contributed by atoms with Crippen molar-refractivity contribution in [1.29, 1.82) is 5.26 Å². The van der Waals surface area contributed by atoms with Crippen LogP contribution in [0.3, 0.4) is 0 Å². The van der Waals surface area contributed by atoms with Crippen molar-refractivity contribution in [1.82, 2.24) is 19.1 Å². The van der Waals surface area contributed by atoms with Gasteiger partial charge in [-0.3, -0.25) is 4.79 Å². The molecule has 1 aliphatic rings. The zero-order valence-corrected chi connectivity index (χ0v) is 20.8. The number of carbonyl (C=O) groups excluding carboxylic acids is 1. The van der Waals surface area contributed by atoms with Crippen molar-refractivity contribution >= 4 is 11.6 Å². The van der Waals surface area contributed by atoms with Crippen LogP contribution in [-0.4, -0.2) is 37.3 Å². The zero-order valence-electron chi connectivity index (χ0n) is 20.8. The van der Waals surface area contributed by atoms with E-state index in [1.165, 1.54) is 0 Å². The number of benzene rings is 1. The van der Waals surface area contributed by atoms with Crippen molar-refractivity contribution in [3.8, 4) is 28.3 Å². The van der Waals surface area contributed by atoms with E-state index < -0.39 is 5.60 Å². The number of amides is 1. The number of ether oxygens (including phenoxy) is 1. The summed E-state index contributed by atoms with van der Waals surface area (Å²) in [6, 6.07) is 13.6. The Labute approximate surface area is 209 Å². The van der Waals surface area contributed by atoms with Crippen molar-refractivity contribution in [2.45, 2.75) is 39.3 Å². The normalized spacial score (nSPS) is 13.4. The van der Waals surface area contributed by atoms with Crippen LogP contribution in [0.1, 0.15) is 37.5 Å². The minimum Gasteiger partial charge on any atom is -0.444 e. The number of aryl methyl sites for hydroxylation is 1. The van der Waals surface area contributed by atoms with Crippen molar-refractivity contribution < 1.29 is 9.53 Å². The number of carbonyl (C=O) groups is 1. The summed E-state index contributed by atoms with van der Waals surface area (Å²) in [5.41, 5.74) is 6.20. The van der Waals surface area contributed by atoms with E-state index >= 15 is 0 Å². The maximum Gasteiger partial charge on any atom is 0.410 e. The minimum absolute atomic E-state index is 0.0409.